The fourth-order valence-electron chi connectivity index (χ4n) is 2.54. The van der Waals surface area contributed by atoms with Gasteiger partial charge in [-0.15, -0.1) is 0 Å². The number of hydrogen-bond acceptors (Lipinski definition) is 4. The van der Waals surface area contributed by atoms with Crippen LogP contribution in [-0.2, 0) is 4.74 Å². The number of hydrogen-bond donors (Lipinski definition) is 2. The van der Waals surface area contributed by atoms with Crippen molar-refractivity contribution >= 4 is 0 Å². The van der Waals surface area contributed by atoms with E-state index in [2.05, 4.69) is 37.9 Å². The maximum Gasteiger partial charge on any atom is 0.0547 e. The van der Waals surface area contributed by atoms with Gasteiger partial charge in [0.1, 0.15) is 0 Å². The lowest BCUT2D eigenvalue weighted by molar-refractivity contribution is 0.101. The second-order valence-electron chi connectivity index (χ2n) is 6.85. The third-order valence-electron chi connectivity index (χ3n) is 3.82. The number of nitrogens with zero attached hydrogens (tertiary/aromatic N) is 1. The molecule has 4 heteroatoms. The molecule has 0 aromatic rings. The Hall–Kier alpha value is -0.160. The molecule has 1 aliphatic rings. The molecule has 114 valence electrons. The zero-order chi connectivity index (χ0) is 14.4. The van der Waals surface area contributed by atoms with Gasteiger partial charge in [-0.1, -0.05) is 6.92 Å². The zero-order valence-corrected chi connectivity index (χ0v) is 13.2. The lowest BCUT2D eigenvalue weighted by Crippen LogP contribution is -2.49. The normalized spacial score (nSPS) is 24.3. The number of nitrogens with one attached hydrogen (secondary N) is 1. The molecular weight excluding hydrogens is 240 g/mol. The van der Waals surface area contributed by atoms with Crippen molar-refractivity contribution in [3.63, 3.8) is 0 Å². The van der Waals surface area contributed by atoms with E-state index in [0.29, 0.717) is 0 Å². The Morgan fingerprint density at radius 3 is 2.58 bits per heavy atom. The molecule has 0 aromatic heterocycles. The minimum absolute atomic E-state index is 0.151. The highest BCUT2D eigenvalue weighted by molar-refractivity contribution is 4.90. The van der Waals surface area contributed by atoms with Crippen LogP contribution in [0.1, 0.15) is 40.5 Å². The Morgan fingerprint density at radius 1 is 1.37 bits per heavy atom. The number of ether oxygens (including phenoxy) is 1. The lowest BCUT2D eigenvalue weighted by Gasteiger charge is -2.36. The van der Waals surface area contributed by atoms with E-state index < -0.39 is 0 Å². The SMILES string of the molecule is CCN(CCCO)CC1(CNC(C)(C)C)CCOC1. The maximum atomic E-state index is 8.98. The molecule has 1 unspecified atom stereocenters. The van der Waals surface area contributed by atoms with Gasteiger partial charge >= 0.3 is 0 Å². The molecule has 2 N–H and O–H groups in total. The van der Waals surface area contributed by atoms with Crippen LogP contribution < -0.4 is 5.32 Å². The summed E-state index contributed by atoms with van der Waals surface area (Å²) >= 11 is 0. The van der Waals surface area contributed by atoms with Crippen LogP contribution in [0.25, 0.3) is 0 Å². The van der Waals surface area contributed by atoms with Crippen LogP contribution in [0.15, 0.2) is 0 Å². The Kier molecular flexibility index (Phi) is 6.74. The Balaban J connectivity index is 2.54. The van der Waals surface area contributed by atoms with Gasteiger partial charge in [0.15, 0.2) is 0 Å². The van der Waals surface area contributed by atoms with E-state index in [9.17, 15) is 0 Å². The predicted molar refractivity (Wildman–Crippen MR) is 79.4 cm³/mol. The molecule has 4 nitrogen and oxygen atoms in total. The highest BCUT2D eigenvalue weighted by atomic mass is 16.5. The fraction of sp³-hybridized carbons (Fsp3) is 1.00. The van der Waals surface area contributed by atoms with Crippen LogP contribution in [0.5, 0.6) is 0 Å². The van der Waals surface area contributed by atoms with Crippen molar-refractivity contribution in [3.8, 4) is 0 Å². The topological polar surface area (TPSA) is 44.7 Å². The van der Waals surface area contributed by atoms with E-state index in [1.807, 2.05) is 0 Å². The summed E-state index contributed by atoms with van der Waals surface area (Å²) in [6.45, 7) is 14.9. The molecule has 1 aliphatic heterocycles. The first-order valence-electron chi connectivity index (χ1n) is 7.57. The van der Waals surface area contributed by atoms with Crippen molar-refractivity contribution in [2.75, 3.05) is 46.0 Å². The Morgan fingerprint density at radius 2 is 2.11 bits per heavy atom. The highest BCUT2D eigenvalue weighted by Crippen LogP contribution is 2.29. The van der Waals surface area contributed by atoms with Crippen molar-refractivity contribution in [3.05, 3.63) is 0 Å². The van der Waals surface area contributed by atoms with Gasteiger partial charge < -0.3 is 20.1 Å². The van der Waals surface area contributed by atoms with Crippen LogP contribution in [0.2, 0.25) is 0 Å². The molecule has 1 rings (SSSR count). The average Bonchev–Trinajstić information content (AvgIpc) is 2.80. The van der Waals surface area contributed by atoms with Gasteiger partial charge in [-0.3, -0.25) is 0 Å². The summed E-state index contributed by atoms with van der Waals surface area (Å²) < 4.78 is 5.66. The molecule has 0 radical (unpaired) electrons. The van der Waals surface area contributed by atoms with Crippen molar-refractivity contribution < 1.29 is 9.84 Å². The molecule has 19 heavy (non-hydrogen) atoms. The van der Waals surface area contributed by atoms with Gasteiger partial charge in [-0.2, -0.15) is 0 Å². The average molecular weight is 272 g/mol. The van der Waals surface area contributed by atoms with Crippen LogP contribution >= 0.6 is 0 Å². The minimum atomic E-state index is 0.151. The second-order valence-corrected chi connectivity index (χ2v) is 6.85. The second kappa shape index (κ2) is 7.58. The summed E-state index contributed by atoms with van der Waals surface area (Å²) in [4.78, 5) is 2.44. The lowest BCUT2D eigenvalue weighted by atomic mass is 9.85. The summed E-state index contributed by atoms with van der Waals surface area (Å²) in [5, 5.41) is 12.6. The summed E-state index contributed by atoms with van der Waals surface area (Å²) in [5.74, 6) is 0. The van der Waals surface area contributed by atoms with Crippen LogP contribution in [-0.4, -0.2) is 61.5 Å². The van der Waals surface area contributed by atoms with Crippen LogP contribution in [0.4, 0.5) is 0 Å². The smallest absolute Gasteiger partial charge is 0.0547 e. The van der Waals surface area contributed by atoms with Gasteiger partial charge in [-0.25, -0.2) is 0 Å². The van der Waals surface area contributed by atoms with Crippen molar-refractivity contribution in [1.29, 1.82) is 0 Å². The summed E-state index contributed by atoms with van der Waals surface area (Å²) in [6, 6.07) is 0. The number of aliphatic hydroxyl groups excluding tert-OH is 1. The third-order valence-corrected chi connectivity index (χ3v) is 3.82. The molecule has 0 amide bonds. The molecule has 0 saturated carbocycles. The number of rotatable bonds is 8. The van der Waals surface area contributed by atoms with Gasteiger partial charge in [0.25, 0.3) is 0 Å². The first kappa shape index (κ1) is 16.9. The summed E-state index contributed by atoms with van der Waals surface area (Å²) in [7, 11) is 0. The molecule has 0 aromatic carbocycles. The van der Waals surface area contributed by atoms with E-state index in [-0.39, 0.29) is 17.6 Å². The third kappa shape index (κ3) is 6.21. The Labute approximate surface area is 118 Å². The standard InChI is InChI=1S/C15H32N2O2/c1-5-17(8-6-9-18)12-15(7-10-19-13-15)11-16-14(2,3)4/h16,18H,5-13H2,1-4H3. The predicted octanol–water partition coefficient (Wildman–Crippen LogP) is 1.49. The maximum absolute atomic E-state index is 8.98. The van der Waals surface area contributed by atoms with Gasteiger partial charge in [-0.05, 0) is 40.2 Å². The molecule has 1 fully saturated rings. The molecule has 1 heterocycles. The first-order valence-corrected chi connectivity index (χ1v) is 7.57. The van der Waals surface area contributed by atoms with Crippen molar-refractivity contribution in [1.82, 2.24) is 10.2 Å². The van der Waals surface area contributed by atoms with E-state index >= 15 is 0 Å². The first-order chi connectivity index (χ1) is 8.91. The summed E-state index contributed by atoms with van der Waals surface area (Å²) in [6.07, 6.45) is 1.99. The quantitative estimate of drug-likeness (QED) is 0.702. The van der Waals surface area contributed by atoms with Crippen molar-refractivity contribution in [2.45, 2.75) is 46.1 Å². The van der Waals surface area contributed by atoms with Crippen LogP contribution in [0.3, 0.4) is 0 Å². The van der Waals surface area contributed by atoms with Crippen molar-refractivity contribution in [2.24, 2.45) is 5.41 Å². The van der Waals surface area contributed by atoms with E-state index in [1.54, 1.807) is 0 Å². The van der Waals surface area contributed by atoms with E-state index in [4.69, 9.17) is 9.84 Å². The molecule has 0 bridgehead atoms. The van der Waals surface area contributed by atoms with Crippen LogP contribution in [0, 0.1) is 5.41 Å². The molecule has 1 atom stereocenters. The zero-order valence-electron chi connectivity index (χ0n) is 13.2. The molecule has 0 spiro atoms. The monoisotopic (exact) mass is 272 g/mol. The number of aliphatic hydroxyl groups is 1. The minimum Gasteiger partial charge on any atom is -0.396 e. The molecule has 1 saturated heterocycles. The summed E-state index contributed by atoms with van der Waals surface area (Å²) in [5.41, 5.74) is 0.385. The molecular formula is C15H32N2O2. The van der Waals surface area contributed by atoms with Gasteiger partial charge in [0.05, 0.1) is 6.61 Å². The Bertz CT molecular complexity index is 245. The largest absolute Gasteiger partial charge is 0.396 e. The fourth-order valence-corrected chi connectivity index (χ4v) is 2.54. The van der Waals surface area contributed by atoms with E-state index in [0.717, 1.165) is 52.2 Å². The highest BCUT2D eigenvalue weighted by Gasteiger charge is 2.36. The molecule has 0 aliphatic carbocycles. The van der Waals surface area contributed by atoms with Gasteiger partial charge in [0.2, 0.25) is 0 Å². The van der Waals surface area contributed by atoms with E-state index in [1.165, 1.54) is 0 Å². The van der Waals surface area contributed by atoms with Gasteiger partial charge in [0, 0.05) is 43.8 Å².